The Balaban J connectivity index is 1.51. The van der Waals surface area contributed by atoms with Gasteiger partial charge in [0, 0.05) is 19.2 Å². The smallest absolute Gasteiger partial charge is 0.289 e. The van der Waals surface area contributed by atoms with Crippen LogP contribution in [0.15, 0.2) is 39.5 Å². The monoisotopic (exact) mass is 329 g/mol. The second kappa shape index (κ2) is 5.16. The van der Waals surface area contributed by atoms with Crippen molar-refractivity contribution >= 4 is 16.9 Å². The van der Waals surface area contributed by atoms with Crippen LogP contribution in [-0.4, -0.2) is 42.9 Å². The van der Waals surface area contributed by atoms with E-state index in [1.807, 2.05) is 13.8 Å². The number of benzene rings is 1. The number of fused-ring (bicyclic) bond motifs is 1. The van der Waals surface area contributed by atoms with Crippen molar-refractivity contribution in [3.05, 3.63) is 46.3 Å². The maximum atomic E-state index is 12.6. The van der Waals surface area contributed by atoms with Crippen LogP contribution >= 0.6 is 0 Å². The first-order chi connectivity index (χ1) is 11.4. The molecule has 2 fully saturated rings. The highest BCUT2D eigenvalue weighted by Gasteiger charge is 2.50. The molecule has 2 aliphatic heterocycles. The number of rotatable bonds is 1. The highest BCUT2D eigenvalue weighted by atomic mass is 16.7. The molecule has 2 saturated heterocycles. The predicted octanol–water partition coefficient (Wildman–Crippen LogP) is 2.02. The Morgan fingerprint density at radius 2 is 1.79 bits per heavy atom. The molecule has 0 atom stereocenters. The molecule has 24 heavy (non-hydrogen) atoms. The molecule has 2 aliphatic rings. The number of likely N-dealkylation sites (tertiary alicyclic amines) is 1. The van der Waals surface area contributed by atoms with Gasteiger partial charge < -0.3 is 18.8 Å². The molecule has 1 aromatic heterocycles. The molecule has 0 aliphatic carbocycles. The van der Waals surface area contributed by atoms with Crippen LogP contribution in [-0.2, 0) is 9.47 Å². The van der Waals surface area contributed by atoms with Crippen LogP contribution in [0.2, 0.25) is 0 Å². The van der Waals surface area contributed by atoms with Crippen LogP contribution in [0.5, 0.6) is 0 Å². The van der Waals surface area contributed by atoms with Gasteiger partial charge in [0.2, 0.25) is 0 Å². The molecule has 6 nitrogen and oxygen atoms in total. The van der Waals surface area contributed by atoms with E-state index >= 15 is 0 Å². The fourth-order valence-electron chi connectivity index (χ4n) is 3.19. The molecule has 126 valence electrons. The summed E-state index contributed by atoms with van der Waals surface area (Å²) in [4.78, 5) is 26.4. The molecule has 3 heterocycles. The number of ether oxygens (including phenoxy) is 2. The molecule has 4 rings (SSSR count). The standard InChI is InChI=1S/C18H19NO5/c1-17(2)22-10-18(11-23-17)8-19(9-18)16(21)15-7-13(20)12-5-3-4-6-14(12)24-15/h3-7H,8-11H2,1-2H3. The Bertz CT molecular complexity index is 851. The average Bonchev–Trinajstić information content (AvgIpc) is 2.53. The number of nitrogens with zero attached hydrogens (tertiary/aromatic N) is 1. The molecule has 0 unspecified atom stereocenters. The molecule has 0 radical (unpaired) electrons. The summed E-state index contributed by atoms with van der Waals surface area (Å²) in [5.41, 5.74) is 0.0682. The topological polar surface area (TPSA) is 69.0 Å². The SMILES string of the molecule is CC1(C)OCC2(CO1)CN(C(=O)c1cc(=O)c3ccccc3o1)C2. The lowest BCUT2D eigenvalue weighted by Crippen LogP contribution is -2.65. The number of amides is 1. The summed E-state index contributed by atoms with van der Waals surface area (Å²) in [7, 11) is 0. The molecule has 1 spiro atoms. The Morgan fingerprint density at radius 3 is 2.50 bits per heavy atom. The van der Waals surface area contributed by atoms with E-state index in [1.54, 1.807) is 29.2 Å². The van der Waals surface area contributed by atoms with Crippen LogP contribution in [0, 0.1) is 5.41 Å². The van der Waals surface area contributed by atoms with Crippen LogP contribution in [0.25, 0.3) is 11.0 Å². The Hall–Kier alpha value is -2.18. The van der Waals surface area contributed by atoms with Crippen molar-refractivity contribution in [3.8, 4) is 0 Å². The van der Waals surface area contributed by atoms with Gasteiger partial charge in [0.15, 0.2) is 17.0 Å². The first kappa shape index (κ1) is 15.4. The molecular weight excluding hydrogens is 310 g/mol. The predicted molar refractivity (Wildman–Crippen MR) is 86.8 cm³/mol. The summed E-state index contributed by atoms with van der Waals surface area (Å²) in [6, 6.07) is 8.19. The zero-order chi connectivity index (χ0) is 16.9. The van der Waals surface area contributed by atoms with Gasteiger partial charge >= 0.3 is 0 Å². The lowest BCUT2D eigenvalue weighted by atomic mass is 9.80. The number of hydrogen-bond donors (Lipinski definition) is 0. The minimum absolute atomic E-state index is 0.0755. The first-order valence-corrected chi connectivity index (χ1v) is 7.98. The Kier molecular flexibility index (Phi) is 3.30. The van der Waals surface area contributed by atoms with Gasteiger partial charge in [-0.05, 0) is 26.0 Å². The van der Waals surface area contributed by atoms with Gasteiger partial charge in [-0.25, -0.2) is 0 Å². The van der Waals surface area contributed by atoms with E-state index in [0.29, 0.717) is 37.3 Å². The third kappa shape index (κ3) is 2.52. The summed E-state index contributed by atoms with van der Waals surface area (Å²) in [5, 5.41) is 0.477. The summed E-state index contributed by atoms with van der Waals surface area (Å²) in [5.74, 6) is -0.763. The van der Waals surface area contributed by atoms with Crippen LogP contribution < -0.4 is 5.43 Å². The summed E-state index contributed by atoms with van der Waals surface area (Å²) in [6.45, 7) is 5.96. The van der Waals surface area contributed by atoms with Crippen LogP contribution in [0.3, 0.4) is 0 Å². The van der Waals surface area contributed by atoms with E-state index < -0.39 is 5.79 Å². The summed E-state index contributed by atoms with van der Waals surface area (Å²) in [6.07, 6.45) is 0. The van der Waals surface area contributed by atoms with E-state index in [2.05, 4.69) is 0 Å². The highest BCUT2D eigenvalue weighted by molar-refractivity contribution is 5.93. The van der Waals surface area contributed by atoms with Gasteiger partial charge in [-0.1, -0.05) is 12.1 Å². The maximum Gasteiger partial charge on any atom is 0.289 e. The second-order valence-corrected chi connectivity index (χ2v) is 7.11. The second-order valence-electron chi connectivity index (χ2n) is 7.11. The molecule has 1 amide bonds. The van der Waals surface area contributed by atoms with Crippen molar-refractivity contribution in [2.45, 2.75) is 19.6 Å². The Labute approximate surface area is 139 Å². The van der Waals surface area contributed by atoms with Gasteiger partial charge in [0.25, 0.3) is 5.91 Å². The third-order valence-electron chi connectivity index (χ3n) is 4.64. The van der Waals surface area contributed by atoms with Crippen molar-refractivity contribution in [1.82, 2.24) is 4.90 Å². The lowest BCUT2D eigenvalue weighted by molar-refractivity contribution is -0.301. The quantitative estimate of drug-likeness (QED) is 0.800. The number of carbonyl (C=O) groups is 1. The maximum absolute atomic E-state index is 12.6. The van der Waals surface area contributed by atoms with Crippen LogP contribution in [0.1, 0.15) is 24.4 Å². The first-order valence-electron chi connectivity index (χ1n) is 7.98. The highest BCUT2D eigenvalue weighted by Crippen LogP contribution is 2.38. The number of hydrogen-bond acceptors (Lipinski definition) is 5. The Morgan fingerprint density at radius 1 is 1.12 bits per heavy atom. The summed E-state index contributed by atoms with van der Waals surface area (Å²) >= 11 is 0. The molecule has 2 aromatic rings. The average molecular weight is 329 g/mol. The fraction of sp³-hybridized carbons (Fsp3) is 0.444. The minimum Gasteiger partial charge on any atom is -0.451 e. The van der Waals surface area contributed by atoms with E-state index in [9.17, 15) is 9.59 Å². The van der Waals surface area contributed by atoms with Crippen molar-refractivity contribution in [3.63, 3.8) is 0 Å². The lowest BCUT2D eigenvalue weighted by Gasteiger charge is -2.53. The van der Waals surface area contributed by atoms with E-state index in [4.69, 9.17) is 13.9 Å². The zero-order valence-electron chi connectivity index (χ0n) is 13.7. The minimum atomic E-state index is -0.569. The number of carbonyl (C=O) groups excluding carboxylic acids is 1. The van der Waals surface area contributed by atoms with Crippen molar-refractivity contribution in [2.24, 2.45) is 5.41 Å². The molecular formula is C18H19NO5. The molecule has 6 heteroatoms. The number of para-hydroxylation sites is 1. The third-order valence-corrected chi connectivity index (χ3v) is 4.64. The largest absolute Gasteiger partial charge is 0.451 e. The van der Waals surface area contributed by atoms with Gasteiger partial charge in [0.1, 0.15) is 5.58 Å². The van der Waals surface area contributed by atoms with Crippen molar-refractivity contribution in [1.29, 1.82) is 0 Å². The van der Waals surface area contributed by atoms with Crippen molar-refractivity contribution < 1.29 is 18.7 Å². The fourth-order valence-corrected chi connectivity index (χ4v) is 3.19. The molecule has 0 saturated carbocycles. The van der Waals surface area contributed by atoms with Gasteiger partial charge in [0.05, 0.1) is 24.0 Å². The van der Waals surface area contributed by atoms with Gasteiger partial charge in [-0.15, -0.1) is 0 Å². The van der Waals surface area contributed by atoms with Crippen molar-refractivity contribution in [2.75, 3.05) is 26.3 Å². The van der Waals surface area contributed by atoms with Gasteiger partial charge in [-0.2, -0.15) is 0 Å². The molecule has 0 bridgehead atoms. The molecule has 1 aromatic carbocycles. The van der Waals surface area contributed by atoms with E-state index in [1.165, 1.54) is 6.07 Å². The normalized spacial score (nSPS) is 21.7. The molecule has 0 N–H and O–H groups in total. The summed E-state index contributed by atoms with van der Waals surface area (Å²) < 4.78 is 17.0. The van der Waals surface area contributed by atoms with Gasteiger partial charge in [-0.3, -0.25) is 9.59 Å². The van der Waals surface area contributed by atoms with Crippen LogP contribution in [0.4, 0.5) is 0 Å². The zero-order valence-corrected chi connectivity index (χ0v) is 13.7. The van der Waals surface area contributed by atoms with E-state index in [-0.39, 0.29) is 22.5 Å². The van der Waals surface area contributed by atoms with E-state index in [0.717, 1.165) is 0 Å².